The second-order valence-corrected chi connectivity index (χ2v) is 11.2. The molecule has 2 heterocycles. The number of hydrogen-bond acceptors (Lipinski definition) is 4. The fourth-order valence-electron chi connectivity index (χ4n) is 5.87. The van der Waals surface area contributed by atoms with Crippen molar-refractivity contribution in [3.05, 3.63) is 53.6 Å². The van der Waals surface area contributed by atoms with Gasteiger partial charge in [-0.3, -0.25) is 4.79 Å². The quantitative estimate of drug-likeness (QED) is 0.451. The maximum Gasteiger partial charge on any atom is 0.395 e. The molecule has 5 rings (SSSR count). The number of likely N-dealkylation sites (tertiary alicyclic amines) is 2. The van der Waals surface area contributed by atoms with E-state index in [0.717, 1.165) is 6.07 Å². The molecule has 1 aliphatic carbocycles. The largest absolute Gasteiger partial charge is 0.493 e. The number of alkyl halides is 3. The SMILES string of the molecule is O=C(c1ccc(-c2ccc(OCC3CCN(CC4(C(F)(F)F)CCC4)CC3)cc2F)c(F)c1)N1CCC(O)C1. The number of aliphatic hydroxyl groups is 1. The van der Waals surface area contributed by atoms with Gasteiger partial charge in [0, 0.05) is 42.4 Å². The fourth-order valence-corrected chi connectivity index (χ4v) is 5.87. The molecule has 2 aromatic carbocycles. The van der Waals surface area contributed by atoms with Gasteiger partial charge in [-0.05, 0) is 75.4 Å². The Bertz CT molecular complexity index is 1190. The Morgan fingerprint density at radius 2 is 1.64 bits per heavy atom. The molecule has 0 radical (unpaired) electrons. The van der Waals surface area contributed by atoms with Gasteiger partial charge in [-0.15, -0.1) is 0 Å². The van der Waals surface area contributed by atoms with Crippen molar-refractivity contribution in [2.45, 2.75) is 50.8 Å². The highest BCUT2D eigenvalue weighted by atomic mass is 19.4. The first kappa shape index (κ1) is 27.8. The van der Waals surface area contributed by atoms with Crippen molar-refractivity contribution in [2.24, 2.45) is 11.3 Å². The maximum atomic E-state index is 14.9. The molecule has 1 atom stereocenters. The van der Waals surface area contributed by atoms with Crippen LogP contribution in [0.15, 0.2) is 36.4 Å². The molecule has 5 nitrogen and oxygen atoms in total. The lowest BCUT2D eigenvalue weighted by molar-refractivity contribution is -0.256. The van der Waals surface area contributed by atoms with Crippen LogP contribution in [0.5, 0.6) is 5.75 Å². The normalized spacial score (nSPS) is 22.1. The topological polar surface area (TPSA) is 53.0 Å². The van der Waals surface area contributed by atoms with Crippen molar-refractivity contribution in [3.63, 3.8) is 0 Å². The number of aliphatic hydroxyl groups excluding tert-OH is 1. The number of benzene rings is 2. The zero-order chi connectivity index (χ0) is 27.8. The second-order valence-electron chi connectivity index (χ2n) is 11.2. The molecule has 2 saturated heterocycles. The molecule has 2 aliphatic heterocycles. The Morgan fingerprint density at radius 3 is 2.18 bits per heavy atom. The number of nitrogens with zero attached hydrogens (tertiary/aromatic N) is 2. The molecule has 1 unspecified atom stereocenters. The summed E-state index contributed by atoms with van der Waals surface area (Å²) in [4.78, 5) is 15.9. The van der Waals surface area contributed by atoms with Gasteiger partial charge < -0.3 is 19.6 Å². The lowest BCUT2D eigenvalue weighted by Crippen LogP contribution is -2.53. The van der Waals surface area contributed by atoms with Crippen LogP contribution in [-0.4, -0.2) is 72.4 Å². The van der Waals surface area contributed by atoms with E-state index >= 15 is 0 Å². The zero-order valence-corrected chi connectivity index (χ0v) is 21.7. The van der Waals surface area contributed by atoms with Crippen LogP contribution in [0.25, 0.3) is 11.1 Å². The molecule has 0 spiro atoms. The molecule has 0 bridgehead atoms. The second kappa shape index (κ2) is 11.0. The molecule has 1 saturated carbocycles. The molecule has 3 fully saturated rings. The summed E-state index contributed by atoms with van der Waals surface area (Å²) < 4.78 is 76.0. The first-order valence-corrected chi connectivity index (χ1v) is 13.5. The highest BCUT2D eigenvalue weighted by Gasteiger charge is 2.58. The van der Waals surface area contributed by atoms with Gasteiger partial charge in [0.05, 0.1) is 18.1 Å². The van der Waals surface area contributed by atoms with E-state index in [9.17, 15) is 31.9 Å². The summed E-state index contributed by atoms with van der Waals surface area (Å²) in [6.45, 7) is 2.15. The van der Waals surface area contributed by atoms with Gasteiger partial charge in [-0.25, -0.2) is 8.78 Å². The number of β-amino-alcohol motifs (C(OH)–C–C–N with tert-alkyl or cyclic N) is 1. The van der Waals surface area contributed by atoms with Crippen molar-refractivity contribution < 1.29 is 36.6 Å². The predicted molar refractivity (Wildman–Crippen MR) is 135 cm³/mol. The highest BCUT2D eigenvalue weighted by molar-refractivity contribution is 5.95. The third kappa shape index (κ3) is 5.91. The zero-order valence-electron chi connectivity index (χ0n) is 21.7. The lowest BCUT2D eigenvalue weighted by atomic mass is 9.67. The smallest absolute Gasteiger partial charge is 0.395 e. The number of carbonyl (C=O) groups excluding carboxylic acids is 1. The van der Waals surface area contributed by atoms with Gasteiger partial charge in [0.25, 0.3) is 5.91 Å². The third-order valence-corrected chi connectivity index (χ3v) is 8.53. The van der Waals surface area contributed by atoms with E-state index in [-0.39, 0.29) is 54.4 Å². The molecule has 0 aromatic heterocycles. The molecule has 2 aromatic rings. The van der Waals surface area contributed by atoms with Crippen LogP contribution in [0.3, 0.4) is 0 Å². The van der Waals surface area contributed by atoms with Crippen molar-refractivity contribution in [3.8, 4) is 16.9 Å². The molecule has 1 amide bonds. The molecule has 39 heavy (non-hydrogen) atoms. The van der Waals surface area contributed by atoms with Crippen LogP contribution >= 0.6 is 0 Å². The van der Waals surface area contributed by atoms with Crippen molar-refractivity contribution in [2.75, 3.05) is 39.3 Å². The van der Waals surface area contributed by atoms with Crippen LogP contribution in [0.1, 0.15) is 48.9 Å². The fraction of sp³-hybridized carbons (Fsp3) is 0.552. The highest BCUT2D eigenvalue weighted by Crippen LogP contribution is 2.53. The van der Waals surface area contributed by atoms with Gasteiger partial charge >= 0.3 is 6.18 Å². The van der Waals surface area contributed by atoms with Gasteiger partial charge in [-0.1, -0.05) is 12.5 Å². The van der Waals surface area contributed by atoms with Crippen LogP contribution < -0.4 is 4.74 Å². The Morgan fingerprint density at radius 1 is 0.974 bits per heavy atom. The minimum atomic E-state index is -4.16. The molecule has 10 heteroatoms. The first-order valence-electron chi connectivity index (χ1n) is 13.5. The van der Waals surface area contributed by atoms with E-state index in [0.29, 0.717) is 57.7 Å². The molecule has 3 aliphatic rings. The van der Waals surface area contributed by atoms with E-state index < -0.39 is 29.3 Å². The lowest BCUT2D eigenvalue weighted by Gasteiger charge is -2.47. The molecule has 1 N–H and O–H groups in total. The van der Waals surface area contributed by atoms with E-state index in [1.165, 1.54) is 29.2 Å². The van der Waals surface area contributed by atoms with Crippen LogP contribution in [-0.2, 0) is 0 Å². The van der Waals surface area contributed by atoms with E-state index in [1.54, 1.807) is 6.07 Å². The number of hydrogen-bond donors (Lipinski definition) is 1. The summed E-state index contributed by atoms with van der Waals surface area (Å²) >= 11 is 0. The molecular weight excluding hydrogens is 519 g/mol. The average Bonchev–Trinajstić information content (AvgIpc) is 3.31. The predicted octanol–water partition coefficient (Wildman–Crippen LogP) is 5.66. The van der Waals surface area contributed by atoms with Gasteiger partial charge in [-0.2, -0.15) is 13.2 Å². The standard InChI is InChI=1S/C29H33F5N2O3/c30-25-14-20(27(38)36-13-8-21(37)16-36)2-4-23(25)24-5-3-22(15-26(24)31)39-17-19-6-11-35(12-7-19)18-28(9-1-10-28)29(32,33)34/h2-5,14-15,19,21,37H,1,6-13,16-18H2. The van der Waals surface area contributed by atoms with Crippen LogP contribution in [0, 0.1) is 23.0 Å². The number of amides is 1. The minimum Gasteiger partial charge on any atom is -0.493 e. The van der Waals surface area contributed by atoms with E-state index in [2.05, 4.69) is 0 Å². The Labute approximate surface area is 224 Å². The summed E-state index contributed by atoms with van der Waals surface area (Å²) in [5.74, 6) is -1.32. The number of halogens is 5. The summed E-state index contributed by atoms with van der Waals surface area (Å²) in [7, 11) is 0. The average molecular weight is 553 g/mol. The number of ether oxygens (including phenoxy) is 1. The van der Waals surface area contributed by atoms with Gasteiger partial charge in [0.15, 0.2) is 0 Å². The number of carbonyl (C=O) groups is 1. The van der Waals surface area contributed by atoms with Crippen LogP contribution in [0.4, 0.5) is 22.0 Å². The maximum absolute atomic E-state index is 14.9. The molecular formula is C29H33F5N2O3. The first-order chi connectivity index (χ1) is 18.5. The Kier molecular flexibility index (Phi) is 7.88. The van der Waals surface area contributed by atoms with E-state index in [1.807, 2.05) is 4.90 Å². The molecule has 212 valence electrons. The minimum absolute atomic E-state index is 0.0209. The van der Waals surface area contributed by atoms with Crippen molar-refractivity contribution in [1.29, 1.82) is 0 Å². The van der Waals surface area contributed by atoms with E-state index in [4.69, 9.17) is 4.74 Å². The Balaban J connectivity index is 1.14. The summed E-state index contributed by atoms with van der Waals surface area (Å²) in [6.07, 6.45) is -1.81. The number of piperidine rings is 1. The summed E-state index contributed by atoms with van der Waals surface area (Å²) in [5.41, 5.74) is -1.36. The van der Waals surface area contributed by atoms with Crippen molar-refractivity contribution >= 4 is 5.91 Å². The Hall–Kier alpha value is -2.72. The van der Waals surface area contributed by atoms with Gasteiger partial charge in [0.1, 0.15) is 17.4 Å². The third-order valence-electron chi connectivity index (χ3n) is 8.53. The summed E-state index contributed by atoms with van der Waals surface area (Å²) in [6, 6.07) is 8.08. The number of rotatable bonds is 7. The van der Waals surface area contributed by atoms with Crippen molar-refractivity contribution in [1.82, 2.24) is 9.80 Å². The van der Waals surface area contributed by atoms with Crippen LogP contribution in [0.2, 0.25) is 0 Å². The summed E-state index contributed by atoms with van der Waals surface area (Å²) in [5, 5.41) is 9.63. The monoisotopic (exact) mass is 552 g/mol. The van der Waals surface area contributed by atoms with Gasteiger partial charge in [0.2, 0.25) is 0 Å².